The normalized spacial score (nSPS) is 24.9. The predicted octanol–water partition coefficient (Wildman–Crippen LogP) is 0.880. The summed E-state index contributed by atoms with van der Waals surface area (Å²) in [5.74, 6) is -0.635. The molecule has 1 aliphatic rings. The van der Waals surface area contributed by atoms with Crippen molar-refractivity contribution >= 4 is 5.97 Å². The molecule has 1 aromatic carbocycles. The molecule has 1 aliphatic heterocycles. The van der Waals surface area contributed by atoms with Crippen LogP contribution in [0.25, 0.3) is 0 Å². The van der Waals surface area contributed by atoms with Gasteiger partial charge < -0.3 is 14.6 Å². The minimum Gasteiger partial charge on any atom is -0.459 e. The van der Waals surface area contributed by atoms with Gasteiger partial charge in [-0.15, -0.1) is 0 Å². The minimum atomic E-state index is -1.20. The third-order valence-electron chi connectivity index (χ3n) is 2.63. The Balaban J connectivity index is 1.84. The highest BCUT2D eigenvalue weighted by Crippen LogP contribution is 2.30. The number of hydrogen-bond donors (Lipinski definition) is 1. The minimum absolute atomic E-state index is 0.173. The molecule has 1 fully saturated rings. The Bertz CT molecular complexity index is 370. The first-order valence-corrected chi connectivity index (χ1v) is 5.14. The van der Waals surface area contributed by atoms with Crippen LogP contribution in [0, 0.1) is 0 Å². The van der Waals surface area contributed by atoms with Gasteiger partial charge in [0.25, 0.3) is 0 Å². The quantitative estimate of drug-likeness (QED) is 0.607. The number of aliphatic hydroxyl groups excluding tert-OH is 1. The number of hydrogen-bond acceptors (Lipinski definition) is 4. The predicted molar refractivity (Wildman–Crippen MR) is 56.6 cm³/mol. The van der Waals surface area contributed by atoms with Gasteiger partial charge in [0.2, 0.25) is 0 Å². The van der Waals surface area contributed by atoms with E-state index < -0.39 is 17.7 Å². The second-order valence-electron chi connectivity index (χ2n) is 4.10. The average Bonchev–Trinajstić information content (AvgIpc) is 3.06. The summed E-state index contributed by atoms with van der Waals surface area (Å²) in [5, 5.41) is 9.60. The summed E-state index contributed by atoms with van der Waals surface area (Å²) < 4.78 is 9.97. The van der Waals surface area contributed by atoms with E-state index in [-0.39, 0.29) is 6.61 Å². The van der Waals surface area contributed by atoms with Crippen LogP contribution in [0.3, 0.4) is 0 Å². The van der Waals surface area contributed by atoms with E-state index in [0.717, 1.165) is 5.56 Å². The molecule has 2 rings (SSSR count). The molecule has 2 atom stereocenters. The molecule has 4 nitrogen and oxygen atoms in total. The summed E-state index contributed by atoms with van der Waals surface area (Å²) in [7, 11) is 0. The number of ether oxygens (including phenoxy) is 2. The van der Waals surface area contributed by atoms with E-state index in [2.05, 4.69) is 0 Å². The standard InChI is InChI=1S/C12H14O4/c1-12(8-16-12)10(13)11(14)15-7-9-5-3-2-4-6-9/h2-6,10,13H,7-8H2,1H3/t10-,12-/m0/s1. The molecular formula is C12H14O4. The Morgan fingerprint density at radius 2 is 2.19 bits per heavy atom. The lowest BCUT2D eigenvalue weighted by molar-refractivity contribution is -0.158. The molecule has 0 spiro atoms. The number of carbonyl (C=O) groups is 1. The third kappa shape index (κ3) is 2.40. The Hall–Kier alpha value is -1.39. The molecule has 0 saturated carbocycles. The van der Waals surface area contributed by atoms with Gasteiger partial charge in [0, 0.05) is 0 Å². The number of epoxide rings is 1. The SMILES string of the molecule is C[C@@]1([C@@H](O)C(=O)OCc2ccccc2)CO1. The number of carbonyl (C=O) groups excluding carboxylic acids is 1. The molecule has 16 heavy (non-hydrogen) atoms. The lowest BCUT2D eigenvalue weighted by Gasteiger charge is -2.13. The number of esters is 1. The van der Waals surface area contributed by atoms with Crippen molar-refractivity contribution in [1.29, 1.82) is 0 Å². The summed E-state index contributed by atoms with van der Waals surface area (Å²) in [6.07, 6.45) is -1.20. The average molecular weight is 222 g/mol. The molecule has 1 N–H and O–H groups in total. The third-order valence-corrected chi connectivity index (χ3v) is 2.63. The van der Waals surface area contributed by atoms with Crippen molar-refractivity contribution in [2.45, 2.75) is 25.2 Å². The second kappa shape index (κ2) is 4.23. The number of rotatable bonds is 4. The molecule has 0 bridgehead atoms. The topological polar surface area (TPSA) is 59.1 Å². The van der Waals surface area contributed by atoms with Crippen molar-refractivity contribution in [2.24, 2.45) is 0 Å². The van der Waals surface area contributed by atoms with Crippen molar-refractivity contribution < 1.29 is 19.4 Å². The van der Waals surface area contributed by atoms with Crippen LogP contribution in [-0.4, -0.2) is 29.4 Å². The van der Waals surface area contributed by atoms with Crippen molar-refractivity contribution in [1.82, 2.24) is 0 Å². The molecule has 4 heteroatoms. The molecule has 0 unspecified atom stereocenters. The summed E-state index contributed by atoms with van der Waals surface area (Å²) >= 11 is 0. The molecule has 86 valence electrons. The largest absolute Gasteiger partial charge is 0.459 e. The Morgan fingerprint density at radius 1 is 1.56 bits per heavy atom. The fourth-order valence-electron chi connectivity index (χ4n) is 1.33. The zero-order chi connectivity index (χ0) is 11.6. The van der Waals surface area contributed by atoms with Gasteiger partial charge in [-0.1, -0.05) is 30.3 Å². The van der Waals surface area contributed by atoms with Crippen LogP contribution in [0.15, 0.2) is 30.3 Å². The van der Waals surface area contributed by atoms with Gasteiger partial charge in [0.15, 0.2) is 6.10 Å². The van der Waals surface area contributed by atoms with E-state index in [0.29, 0.717) is 6.61 Å². The highest BCUT2D eigenvalue weighted by atomic mass is 16.6. The van der Waals surface area contributed by atoms with Crippen LogP contribution in [-0.2, 0) is 20.9 Å². The fourth-order valence-corrected chi connectivity index (χ4v) is 1.33. The molecule has 0 amide bonds. The molecule has 1 heterocycles. The monoisotopic (exact) mass is 222 g/mol. The zero-order valence-electron chi connectivity index (χ0n) is 9.05. The highest BCUT2D eigenvalue weighted by molar-refractivity contribution is 5.76. The summed E-state index contributed by atoms with van der Waals surface area (Å²) in [6.45, 7) is 2.25. The molecule has 0 aliphatic carbocycles. The first kappa shape index (κ1) is 11.1. The molecule has 1 aromatic rings. The lowest BCUT2D eigenvalue weighted by atomic mass is 10.1. The van der Waals surface area contributed by atoms with Crippen molar-refractivity contribution in [3.8, 4) is 0 Å². The van der Waals surface area contributed by atoms with Gasteiger partial charge in [0.05, 0.1) is 6.61 Å². The summed E-state index contributed by atoms with van der Waals surface area (Å²) in [5.41, 5.74) is 0.151. The van der Waals surface area contributed by atoms with E-state index in [1.54, 1.807) is 6.92 Å². The van der Waals surface area contributed by atoms with Crippen molar-refractivity contribution in [3.63, 3.8) is 0 Å². The van der Waals surface area contributed by atoms with Crippen molar-refractivity contribution in [3.05, 3.63) is 35.9 Å². The maximum atomic E-state index is 11.5. The van der Waals surface area contributed by atoms with Crippen LogP contribution < -0.4 is 0 Å². The van der Waals surface area contributed by atoms with Crippen LogP contribution in [0.1, 0.15) is 12.5 Å². The second-order valence-corrected chi connectivity index (χ2v) is 4.10. The lowest BCUT2D eigenvalue weighted by Crippen LogP contribution is -2.36. The Morgan fingerprint density at radius 3 is 2.75 bits per heavy atom. The van der Waals surface area contributed by atoms with Gasteiger partial charge in [-0.25, -0.2) is 4.79 Å². The van der Waals surface area contributed by atoms with Gasteiger partial charge >= 0.3 is 5.97 Å². The van der Waals surface area contributed by atoms with E-state index in [1.165, 1.54) is 0 Å². The van der Waals surface area contributed by atoms with E-state index in [4.69, 9.17) is 9.47 Å². The first-order chi connectivity index (χ1) is 7.62. The smallest absolute Gasteiger partial charge is 0.338 e. The summed E-state index contributed by atoms with van der Waals surface area (Å²) in [4.78, 5) is 11.5. The van der Waals surface area contributed by atoms with Crippen LogP contribution in [0.4, 0.5) is 0 Å². The van der Waals surface area contributed by atoms with Gasteiger partial charge in [-0.05, 0) is 12.5 Å². The van der Waals surface area contributed by atoms with Gasteiger partial charge in [0.1, 0.15) is 12.2 Å². The van der Waals surface area contributed by atoms with Crippen LogP contribution >= 0.6 is 0 Å². The number of benzene rings is 1. The maximum Gasteiger partial charge on any atom is 0.338 e. The molecule has 1 saturated heterocycles. The van der Waals surface area contributed by atoms with Gasteiger partial charge in [-0.3, -0.25) is 0 Å². The molecular weight excluding hydrogens is 208 g/mol. The van der Waals surface area contributed by atoms with Crippen LogP contribution in [0.5, 0.6) is 0 Å². The van der Waals surface area contributed by atoms with E-state index >= 15 is 0 Å². The Labute approximate surface area is 93.8 Å². The molecule has 0 aromatic heterocycles. The number of aliphatic hydroxyl groups is 1. The maximum absolute atomic E-state index is 11.5. The van der Waals surface area contributed by atoms with E-state index in [9.17, 15) is 9.90 Å². The van der Waals surface area contributed by atoms with E-state index in [1.807, 2.05) is 30.3 Å². The molecule has 0 radical (unpaired) electrons. The highest BCUT2D eigenvalue weighted by Gasteiger charge is 2.50. The van der Waals surface area contributed by atoms with Gasteiger partial charge in [-0.2, -0.15) is 0 Å². The van der Waals surface area contributed by atoms with Crippen molar-refractivity contribution in [2.75, 3.05) is 6.61 Å². The first-order valence-electron chi connectivity index (χ1n) is 5.14. The Kier molecular flexibility index (Phi) is 2.94. The summed E-state index contributed by atoms with van der Waals surface area (Å²) in [6, 6.07) is 9.33. The zero-order valence-corrected chi connectivity index (χ0v) is 9.05. The van der Waals surface area contributed by atoms with Crippen LogP contribution in [0.2, 0.25) is 0 Å². The fraction of sp³-hybridized carbons (Fsp3) is 0.417.